The monoisotopic (exact) mass is 221 g/mol. The zero-order valence-electron chi connectivity index (χ0n) is 8.71. The van der Waals surface area contributed by atoms with Crippen molar-refractivity contribution in [3.8, 4) is 0 Å². The first-order valence-electron chi connectivity index (χ1n) is 4.80. The standard InChI is InChI=1S/C9H11N5O2/c1-2-14-4-11-7-8(10)12-5(3-6(15)16)13-9(7)14/h4H,2-3H2,1H3,(H,15,16)(H2,10,12,13). The van der Waals surface area contributed by atoms with Gasteiger partial charge in [-0.05, 0) is 6.92 Å². The van der Waals surface area contributed by atoms with Gasteiger partial charge in [0.1, 0.15) is 17.8 Å². The normalized spacial score (nSPS) is 10.8. The molecule has 3 N–H and O–H groups in total. The lowest BCUT2D eigenvalue weighted by Crippen LogP contribution is -2.08. The summed E-state index contributed by atoms with van der Waals surface area (Å²) in [4.78, 5) is 22.7. The molecule has 0 spiro atoms. The summed E-state index contributed by atoms with van der Waals surface area (Å²) in [5.41, 5.74) is 6.77. The second kappa shape index (κ2) is 3.76. The molecule has 0 atom stereocenters. The van der Waals surface area contributed by atoms with Gasteiger partial charge in [-0.25, -0.2) is 15.0 Å². The number of carbonyl (C=O) groups is 1. The van der Waals surface area contributed by atoms with E-state index in [1.165, 1.54) is 0 Å². The first kappa shape index (κ1) is 10.3. The van der Waals surface area contributed by atoms with Crippen LogP contribution in [0.5, 0.6) is 0 Å². The number of aryl methyl sites for hydroxylation is 1. The summed E-state index contributed by atoms with van der Waals surface area (Å²) in [6.07, 6.45) is 1.37. The van der Waals surface area contributed by atoms with Gasteiger partial charge in [0, 0.05) is 6.54 Å². The molecule has 0 aliphatic carbocycles. The van der Waals surface area contributed by atoms with E-state index in [4.69, 9.17) is 10.8 Å². The molecule has 0 aliphatic heterocycles. The Bertz CT molecular complexity index is 548. The third-order valence-corrected chi connectivity index (χ3v) is 2.19. The van der Waals surface area contributed by atoms with Crippen molar-refractivity contribution in [2.75, 3.05) is 5.73 Å². The van der Waals surface area contributed by atoms with Gasteiger partial charge in [-0.15, -0.1) is 0 Å². The fourth-order valence-electron chi connectivity index (χ4n) is 1.46. The van der Waals surface area contributed by atoms with E-state index in [1.807, 2.05) is 6.92 Å². The lowest BCUT2D eigenvalue weighted by Gasteiger charge is -2.01. The van der Waals surface area contributed by atoms with Crippen molar-refractivity contribution in [2.24, 2.45) is 0 Å². The molecule has 84 valence electrons. The van der Waals surface area contributed by atoms with E-state index < -0.39 is 5.97 Å². The first-order chi connectivity index (χ1) is 7.61. The number of aliphatic carboxylic acids is 1. The summed E-state index contributed by atoms with van der Waals surface area (Å²) in [5, 5.41) is 8.66. The van der Waals surface area contributed by atoms with Gasteiger partial charge >= 0.3 is 5.97 Å². The lowest BCUT2D eigenvalue weighted by atomic mass is 10.4. The Morgan fingerprint density at radius 1 is 1.56 bits per heavy atom. The molecule has 2 aromatic heterocycles. The average Bonchev–Trinajstić information content (AvgIpc) is 2.60. The number of imidazole rings is 1. The molecule has 2 heterocycles. The summed E-state index contributed by atoms with van der Waals surface area (Å²) < 4.78 is 1.79. The molecular formula is C9H11N5O2. The van der Waals surface area contributed by atoms with Crippen molar-refractivity contribution in [1.82, 2.24) is 19.5 Å². The van der Waals surface area contributed by atoms with Crippen molar-refractivity contribution in [3.63, 3.8) is 0 Å². The highest BCUT2D eigenvalue weighted by molar-refractivity contribution is 5.82. The molecule has 7 nitrogen and oxygen atoms in total. The number of hydrogen-bond acceptors (Lipinski definition) is 5. The summed E-state index contributed by atoms with van der Waals surface area (Å²) in [5.74, 6) is -0.567. The number of nitrogens with zero attached hydrogens (tertiary/aromatic N) is 4. The minimum Gasteiger partial charge on any atom is -0.481 e. The van der Waals surface area contributed by atoms with Crippen LogP contribution in [0.15, 0.2) is 6.33 Å². The Kier molecular flexibility index (Phi) is 2.43. The minimum absolute atomic E-state index is 0.202. The number of carboxylic acid groups (broad SMARTS) is 1. The van der Waals surface area contributed by atoms with E-state index in [2.05, 4.69) is 15.0 Å². The fourth-order valence-corrected chi connectivity index (χ4v) is 1.46. The third kappa shape index (κ3) is 1.67. The van der Waals surface area contributed by atoms with E-state index in [9.17, 15) is 4.79 Å². The van der Waals surface area contributed by atoms with Gasteiger partial charge in [0.05, 0.1) is 6.33 Å². The van der Waals surface area contributed by atoms with Gasteiger partial charge in [-0.1, -0.05) is 0 Å². The number of aromatic nitrogens is 4. The number of rotatable bonds is 3. The van der Waals surface area contributed by atoms with E-state index in [0.29, 0.717) is 17.7 Å². The Hall–Kier alpha value is -2.18. The van der Waals surface area contributed by atoms with Crippen LogP contribution in [0.4, 0.5) is 5.82 Å². The molecule has 0 saturated heterocycles. The van der Waals surface area contributed by atoms with Gasteiger partial charge in [-0.3, -0.25) is 4.79 Å². The van der Waals surface area contributed by atoms with Crippen LogP contribution < -0.4 is 5.73 Å². The number of nitrogens with two attached hydrogens (primary N) is 1. The van der Waals surface area contributed by atoms with Gasteiger partial charge < -0.3 is 15.4 Å². The Morgan fingerprint density at radius 3 is 2.94 bits per heavy atom. The largest absolute Gasteiger partial charge is 0.481 e. The van der Waals surface area contributed by atoms with Crippen LogP contribution >= 0.6 is 0 Å². The number of carboxylic acids is 1. The van der Waals surface area contributed by atoms with Crippen molar-refractivity contribution < 1.29 is 9.90 Å². The molecule has 0 radical (unpaired) electrons. The molecular weight excluding hydrogens is 210 g/mol. The van der Waals surface area contributed by atoms with Crippen LogP contribution in [0.1, 0.15) is 12.7 Å². The summed E-state index contributed by atoms with van der Waals surface area (Å²) in [7, 11) is 0. The molecule has 0 bridgehead atoms. The van der Waals surface area contributed by atoms with Crippen LogP contribution in [0.25, 0.3) is 11.2 Å². The van der Waals surface area contributed by atoms with E-state index in [0.717, 1.165) is 0 Å². The molecule has 2 aromatic rings. The molecule has 2 rings (SSSR count). The van der Waals surface area contributed by atoms with Crippen LogP contribution in [-0.2, 0) is 17.8 Å². The van der Waals surface area contributed by atoms with Crippen molar-refractivity contribution >= 4 is 23.0 Å². The zero-order chi connectivity index (χ0) is 11.7. The van der Waals surface area contributed by atoms with E-state index in [-0.39, 0.29) is 18.1 Å². The maximum atomic E-state index is 10.6. The highest BCUT2D eigenvalue weighted by Gasteiger charge is 2.12. The molecule has 0 aliphatic rings. The Morgan fingerprint density at radius 2 is 2.31 bits per heavy atom. The maximum absolute atomic E-state index is 10.6. The van der Waals surface area contributed by atoms with Gasteiger partial charge in [0.2, 0.25) is 0 Å². The number of hydrogen-bond donors (Lipinski definition) is 2. The molecule has 16 heavy (non-hydrogen) atoms. The molecule has 0 fully saturated rings. The van der Waals surface area contributed by atoms with Crippen LogP contribution in [-0.4, -0.2) is 30.6 Å². The fraction of sp³-hybridized carbons (Fsp3) is 0.333. The number of anilines is 1. The molecule has 7 heteroatoms. The average molecular weight is 221 g/mol. The van der Waals surface area contributed by atoms with Crippen molar-refractivity contribution in [2.45, 2.75) is 19.9 Å². The highest BCUT2D eigenvalue weighted by atomic mass is 16.4. The SMILES string of the molecule is CCn1cnc2c(N)nc(CC(=O)O)nc21. The van der Waals surface area contributed by atoms with Gasteiger partial charge in [0.25, 0.3) is 0 Å². The number of nitrogen functional groups attached to an aromatic ring is 1. The summed E-state index contributed by atoms with van der Waals surface area (Å²) >= 11 is 0. The van der Waals surface area contributed by atoms with Crippen LogP contribution in [0, 0.1) is 0 Å². The van der Waals surface area contributed by atoms with E-state index in [1.54, 1.807) is 10.9 Å². The second-order valence-electron chi connectivity index (χ2n) is 3.30. The van der Waals surface area contributed by atoms with Crippen LogP contribution in [0.3, 0.4) is 0 Å². The van der Waals surface area contributed by atoms with E-state index >= 15 is 0 Å². The van der Waals surface area contributed by atoms with Gasteiger partial charge in [0.15, 0.2) is 11.5 Å². The topological polar surface area (TPSA) is 107 Å². The quantitative estimate of drug-likeness (QED) is 0.758. The third-order valence-electron chi connectivity index (χ3n) is 2.19. The predicted molar refractivity (Wildman–Crippen MR) is 56.7 cm³/mol. The molecule has 0 aromatic carbocycles. The predicted octanol–water partition coefficient (Wildman–Crippen LogP) is 0.0555. The first-order valence-corrected chi connectivity index (χ1v) is 4.80. The zero-order valence-corrected chi connectivity index (χ0v) is 8.71. The minimum atomic E-state index is -0.985. The summed E-state index contributed by atoms with van der Waals surface area (Å²) in [6, 6.07) is 0. The Balaban J connectivity index is 2.58. The molecule has 0 amide bonds. The second-order valence-corrected chi connectivity index (χ2v) is 3.30. The smallest absolute Gasteiger partial charge is 0.311 e. The molecule has 0 saturated carbocycles. The Labute approximate surface area is 90.9 Å². The van der Waals surface area contributed by atoms with Crippen molar-refractivity contribution in [1.29, 1.82) is 0 Å². The molecule has 0 unspecified atom stereocenters. The maximum Gasteiger partial charge on any atom is 0.311 e. The highest BCUT2D eigenvalue weighted by Crippen LogP contribution is 2.16. The van der Waals surface area contributed by atoms with Crippen LogP contribution in [0.2, 0.25) is 0 Å². The lowest BCUT2D eigenvalue weighted by molar-refractivity contribution is -0.136. The summed E-state index contributed by atoms with van der Waals surface area (Å²) in [6.45, 7) is 2.63. The van der Waals surface area contributed by atoms with Gasteiger partial charge in [-0.2, -0.15) is 0 Å². The number of fused-ring (bicyclic) bond motifs is 1. The van der Waals surface area contributed by atoms with Crippen molar-refractivity contribution in [3.05, 3.63) is 12.2 Å².